The number of nitrogens with one attached hydrogen (secondary N) is 1. The molecule has 4 bridgehead atoms. The van der Waals surface area contributed by atoms with E-state index in [4.69, 9.17) is 18.1 Å². The van der Waals surface area contributed by atoms with Gasteiger partial charge in [0.05, 0.1) is 0 Å². The van der Waals surface area contributed by atoms with E-state index in [1.54, 1.807) is 0 Å². The molecular formula is C13H23N3S. The molecule has 96 valence electrons. The summed E-state index contributed by atoms with van der Waals surface area (Å²) < 4.78 is 0. The van der Waals surface area contributed by atoms with Crippen LogP contribution >= 0.6 is 12.2 Å². The van der Waals surface area contributed by atoms with E-state index in [2.05, 4.69) is 17.2 Å². The van der Waals surface area contributed by atoms with Gasteiger partial charge in [-0.05, 0) is 75.4 Å². The molecule has 4 heteroatoms. The van der Waals surface area contributed by atoms with Crippen LogP contribution in [-0.2, 0) is 0 Å². The number of hydrogen-bond acceptors (Lipinski definition) is 2. The van der Waals surface area contributed by atoms with Crippen LogP contribution in [0.4, 0.5) is 0 Å². The first-order valence-electron chi connectivity index (χ1n) is 6.95. The molecule has 4 rings (SSSR count). The molecule has 4 aliphatic carbocycles. The average Bonchev–Trinajstić information content (AvgIpc) is 2.27. The number of hydrogen-bond donors (Lipinski definition) is 2. The van der Waals surface area contributed by atoms with E-state index in [0.717, 1.165) is 29.4 Å². The second-order valence-corrected chi connectivity index (χ2v) is 6.72. The Hall–Kier alpha value is -0.350. The fraction of sp³-hybridized carbons (Fsp3) is 0.923. The zero-order valence-electron chi connectivity index (χ0n) is 10.6. The van der Waals surface area contributed by atoms with Crippen molar-refractivity contribution in [2.45, 2.75) is 51.0 Å². The van der Waals surface area contributed by atoms with E-state index in [1.807, 2.05) is 0 Å². The molecule has 4 aliphatic rings. The Labute approximate surface area is 109 Å². The van der Waals surface area contributed by atoms with Crippen molar-refractivity contribution in [2.75, 3.05) is 6.54 Å². The number of hydrazine groups is 1. The summed E-state index contributed by atoms with van der Waals surface area (Å²) in [5.74, 6) is 8.40. The van der Waals surface area contributed by atoms with Crippen LogP contribution in [0.5, 0.6) is 0 Å². The Morgan fingerprint density at radius 1 is 1.24 bits per heavy atom. The predicted molar refractivity (Wildman–Crippen MR) is 73.2 cm³/mol. The Bertz CT molecular complexity index is 293. The molecule has 0 aliphatic heterocycles. The van der Waals surface area contributed by atoms with Gasteiger partial charge in [-0.3, -0.25) is 0 Å². The van der Waals surface area contributed by atoms with E-state index in [9.17, 15) is 0 Å². The fourth-order valence-electron chi connectivity index (χ4n) is 5.17. The fourth-order valence-corrected chi connectivity index (χ4v) is 5.49. The highest BCUT2D eigenvalue weighted by atomic mass is 32.1. The lowest BCUT2D eigenvalue weighted by Gasteiger charge is -2.60. The van der Waals surface area contributed by atoms with Gasteiger partial charge in [-0.1, -0.05) is 0 Å². The Kier molecular flexibility index (Phi) is 2.82. The molecule has 0 heterocycles. The predicted octanol–water partition coefficient (Wildman–Crippen LogP) is 2.03. The van der Waals surface area contributed by atoms with Gasteiger partial charge in [0.1, 0.15) is 0 Å². The minimum absolute atomic E-state index is 0.340. The largest absolute Gasteiger partial charge is 0.343 e. The van der Waals surface area contributed by atoms with Crippen LogP contribution in [0.2, 0.25) is 0 Å². The van der Waals surface area contributed by atoms with Crippen molar-refractivity contribution in [1.82, 2.24) is 10.3 Å². The molecule has 0 atom stereocenters. The standard InChI is InChI=1S/C13H23N3S/c1-2-16(12(17)15-14)13-6-9-3-10(7-13)5-11(4-9)8-13/h9-11H,2-8,14H2,1H3,(H,15,17). The van der Waals surface area contributed by atoms with Gasteiger partial charge >= 0.3 is 0 Å². The minimum Gasteiger partial charge on any atom is -0.343 e. The third kappa shape index (κ3) is 1.76. The van der Waals surface area contributed by atoms with Crippen LogP contribution in [0.3, 0.4) is 0 Å². The Balaban J connectivity index is 1.87. The lowest BCUT2D eigenvalue weighted by atomic mass is 9.52. The monoisotopic (exact) mass is 253 g/mol. The molecule has 0 radical (unpaired) electrons. The normalized spacial score (nSPS) is 42.6. The van der Waals surface area contributed by atoms with Crippen LogP contribution in [0.25, 0.3) is 0 Å². The van der Waals surface area contributed by atoms with E-state index >= 15 is 0 Å². The highest BCUT2D eigenvalue weighted by Crippen LogP contribution is 2.57. The highest BCUT2D eigenvalue weighted by Gasteiger charge is 2.53. The van der Waals surface area contributed by atoms with Crippen molar-refractivity contribution in [3.63, 3.8) is 0 Å². The topological polar surface area (TPSA) is 41.3 Å². The quantitative estimate of drug-likeness (QED) is 0.449. The van der Waals surface area contributed by atoms with Gasteiger partial charge in [-0.25, -0.2) is 5.84 Å². The molecule has 0 aromatic heterocycles. The lowest BCUT2D eigenvalue weighted by molar-refractivity contribution is -0.0609. The summed E-state index contributed by atoms with van der Waals surface area (Å²) in [6.07, 6.45) is 8.44. The maximum Gasteiger partial charge on any atom is 0.183 e. The summed E-state index contributed by atoms with van der Waals surface area (Å²) in [5.41, 5.74) is 3.04. The number of rotatable bonds is 2. The molecule has 0 unspecified atom stereocenters. The summed E-state index contributed by atoms with van der Waals surface area (Å²) >= 11 is 5.40. The van der Waals surface area contributed by atoms with E-state index < -0.39 is 0 Å². The third-order valence-electron chi connectivity index (χ3n) is 5.26. The number of thiocarbonyl (C=S) groups is 1. The first kappa shape index (κ1) is 11.7. The van der Waals surface area contributed by atoms with Crippen LogP contribution in [0.15, 0.2) is 0 Å². The van der Waals surface area contributed by atoms with E-state index in [0.29, 0.717) is 5.54 Å². The number of nitrogens with zero attached hydrogens (tertiary/aromatic N) is 1. The molecule has 0 aromatic rings. The molecule has 17 heavy (non-hydrogen) atoms. The summed E-state index contributed by atoms with van der Waals surface area (Å²) in [4.78, 5) is 2.38. The summed E-state index contributed by atoms with van der Waals surface area (Å²) in [6, 6.07) is 0. The zero-order chi connectivity index (χ0) is 12.0. The van der Waals surface area contributed by atoms with Gasteiger partial charge in [-0.15, -0.1) is 0 Å². The lowest BCUT2D eigenvalue weighted by Crippen LogP contribution is -2.63. The SMILES string of the molecule is CCN(C(=S)NN)C12CC3CC(CC(C3)C1)C2. The zero-order valence-corrected chi connectivity index (χ0v) is 11.4. The smallest absolute Gasteiger partial charge is 0.183 e. The van der Waals surface area contributed by atoms with Crippen molar-refractivity contribution in [3.05, 3.63) is 0 Å². The molecule has 4 fully saturated rings. The number of nitrogens with two attached hydrogens (primary N) is 1. The average molecular weight is 253 g/mol. The van der Waals surface area contributed by atoms with Gasteiger partial charge in [0, 0.05) is 12.1 Å². The van der Waals surface area contributed by atoms with Gasteiger partial charge < -0.3 is 10.3 Å². The Morgan fingerprint density at radius 2 is 1.71 bits per heavy atom. The van der Waals surface area contributed by atoms with Crippen LogP contribution in [0.1, 0.15) is 45.4 Å². The van der Waals surface area contributed by atoms with Crippen LogP contribution in [-0.4, -0.2) is 22.1 Å². The molecule has 0 amide bonds. The third-order valence-corrected chi connectivity index (χ3v) is 5.60. The molecule has 4 saturated carbocycles. The van der Waals surface area contributed by atoms with Gasteiger partial charge in [0.2, 0.25) is 0 Å². The highest BCUT2D eigenvalue weighted by molar-refractivity contribution is 7.80. The van der Waals surface area contributed by atoms with Gasteiger partial charge in [-0.2, -0.15) is 0 Å². The second kappa shape index (κ2) is 4.09. The molecule has 0 aromatic carbocycles. The van der Waals surface area contributed by atoms with Crippen LogP contribution in [0, 0.1) is 17.8 Å². The van der Waals surface area contributed by atoms with Crippen molar-refractivity contribution in [3.8, 4) is 0 Å². The van der Waals surface area contributed by atoms with E-state index in [-0.39, 0.29) is 0 Å². The molecule has 0 saturated heterocycles. The van der Waals surface area contributed by atoms with Gasteiger partial charge in [0.25, 0.3) is 0 Å². The van der Waals surface area contributed by atoms with Crippen LogP contribution < -0.4 is 11.3 Å². The minimum atomic E-state index is 0.340. The summed E-state index contributed by atoms with van der Waals surface area (Å²) in [7, 11) is 0. The first-order chi connectivity index (χ1) is 8.16. The van der Waals surface area contributed by atoms with Crippen molar-refractivity contribution in [1.29, 1.82) is 0 Å². The first-order valence-corrected chi connectivity index (χ1v) is 7.36. The molecule has 0 spiro atoms. The molecule has 3 N–H and O–H groups in total. The van der Waals surface area contributed by atoms with Gasteiger partial charge in [0.15, 0.2) is 5.11 Å². The second-order valence-electron chi connectivity index (χ2n) is 6.34. The van der Waals surface area contributed by atoms with Crippen molar-refractivity contribution >= 4 is 17.3 Å². The Morgan fingerprint density at radius 3 is 2.06 bits per heavy atom. The maximum absolute atomic E-state index is 5.53. The maximum atomic E-state index is 5.53. The summed E-state index contributed by atoms with van der Waals surface area (Å²) in [5, 5.41) is 0.745. The van der Waals surface area contributed by atoms with Crippen molar-refractivity contribution < 1.29 is 0 Å². The van der Waals surface area contributed by atoms with Crippen molar-refractivity contribution in [2.24, 2.45) is 23.6 Å². The molecule has 3 nitrogen and oxygen atoms in total. The van der Waals surface area contributed by atoms with E-state index in [1.165, 1.54) is 38.5 Å². The molecular weight excluding hydrogens is 230 g/mol. The summed E-state index contributed by atoms with van der Waals surface area (Å²) in [6.45, 7) is 3.18.